The molecule has 0 radical (unpaired) electrons. The summed E-state index contributed by atoms with van der Waals surface area (Å²) in [6, 6.07) is 13.4. The van der Waals surface area contributed by atoms with Crippen LogP contribution in [0.1, 0.15) is 10.5 Å². The van der Waals surface area contributed by atoms with E-state index in [2.05, 4.69) is 10.1 Å². The Morgan fingerprint density at radius 1 is 1.12 bits per heavy atom. The summed E-state index contributed by atoms with van der Waals surface area (Å²) in [5, 5.41) is 13.5. The molecule has 1 N–H and O–H groups in total. The second kappa shape index (κ2) is 6.19. The first-order valence-corrected chi connectivity index (χ1v) is 7.57. The van der Waals surface area contributed by atoms with Crippen LogP contribution in [0.5, 0.6) is 11.5 Å². The lowest BCUT2D eigenvalue weighted by molar-refractivity contribution is 0.0690. The van der Waals surface area contributed by atoms with Crippen molar-refractivity contribution < 1.29 is 24.2 Å². The summed E-state index contributed by atoms with van der Waals surface area (Å²) in [4.78, 5) is 25.3. The SMILES string of the molecule is O=C=Nc1ccc(-n2nc(C(=O)O)cc2-c2ccc3c(c2)OCO3)cc1. The molecule has 8 nitrogen and oxygen atoms in total. The van der Waals surface area contributed by atoms with Gasteiger partial charge in [-0.3, -0.25) is 0 Å². The predicted octanol–water partition coefficient (Wildman–Crippen LogP) is 2.93. The molecule has 26 heavy (non-hydrogen) atoms. The van der Waals surface area contributed by atoms with E-state index >= 15 is 0 Å². The van der Waals surface area contributed by atoms with E-state index in [1.807, 2.05) is 0 Å². The van der Waals surface area contributed by atoms with E-state index in [4.69, 9.17) is 9.47 Å². The molecule has 0 spiro atoms. The van der Waals surface area contributed by atoms with Crippen molar-refractivity contribution >= 4 is 17.7 Å². The highest BCUT2D eigenvalue weighted by atomic mass is 16.7. The summed E-state index contributed by atoms with van der Waals surface area (Å²) in [6.45, 7) is 0.150. The van der Waals surface area contributed by atoms with Crippen LogP contribution in [-0.4, -0.2) is 33.7 Å². The Balaban J connectivity index is 1.83. The van der Waals surface area contributed by atoms with Gasteiger partial charge in [0.2, 0.25) is 12.9 Å². The Morgan fingerprint density at radius 3 is 2.62 bits per heavy atom. The molecule has 0 saturated heterocycles. The Bertz CT molecular complexity index is 1050. The third kappa shape index (κ3) is 2.70. The first-order valence-electron chi connectivity index (χ1n) is 7.57. The van der Waals surface area contributed by atoms with Crippen molar-refractivity contribution in [1.29, 1.82) is 0 Å². The molecule has 1 aromatic heterocycles. The number of carboxylic acids is 1. The molecule has 0 aliphatic carbocycles. The molecule has 4 rings (SSSR count). The highest BCUT2D eigenvalue weighted by Crippen LogP contribution is 2.36. The van der Waals surface area contributed by atoms with E-state index in [0.29, 0.717) is 28.6 Å². The fourth-order valence-electron chi connectivity index (χ4n) is 2.67. The van der Waals surface area contributed by atoms with Gasteiger partial charge in [-0.25, -0.2) is 14.3 Å². The van der Waals surface area contributed by atoms with Crippen molar-refractivity contribution in [3.8, 4) is 28.4 Å². The summed E-state index contributed by atoms with van der Waals surface area (Å²) < 4.78 is 12.2. The summed E-state index contributed by atoms with van der Waals surface area (Å²) >= 11 is 0. The zero-order valence-corrected chi connectivity index (χ0v) is 13.2. The summed E-state index contributed by atoms with van der Waals surface area (Å²) in [7, 11) is 0. The lowest BCUT2D eigenvalue weighted by atomic mass is 10.1. The van der Waals surface area contributed by atoms with Crippen molar-refractivity contribution in [3.63, 3.8) is 0 Å². The number of carbonyl (C=O) groups excluding carboxylic acids is 1. The van der Waals surface area contributed by atoms with Gasteiger partial charge in [-0.1, -0.05) is 0 Å². The number of aliphatic imine (C=N–C) groups is 1. The number of benzene rings is 2. The van der Waals surface area contributed by atoms with E-state index < -0.39 is 5.97 Å². The van der Waals surface area contributed by atoms with Crippen LogP contribution in [0.2, 0.25) is 0 Å². The molecule has 8 heteroatoms. The van der Waals surface area contributed by atoms with Crippen LogP contribution >= 0.6 is 0 Å². The smallest absolute Gasteiger partial charge is 0.356 e. The molecule has 0 saturated carbocycles. The van der Waals surface area contributed by atoms with Gasteiger partial charge in [0.15, 0.2) is 17.2 Å². The van der Waals surface area contributed by atoms with E-state index in [1.54, 1.807) is 42.5 Å². The number of isocyanates is 1. The first kappa shape index (κ1) is 15.6. The van der Waals surface area contributed by atoms with Crippen molar-refractivity contribution in [1.82, 2.24) is 9.78 Å². The number of hydrogen-bond acceptors (Lipinski definition) is 6. The number of hydrogen-bond donors (Lipinski definition) is 1. The number of aromatic carboxylic acids is 1. The summed E-state index contributed by atoms with van der Waals surface area (Å²) in [5.74, 6) is 0.0880. The van der Waals surface area contributed by atoms with Gasteiger partial charge >= 0.3 is 5.97 Å². The minimum absolute atomic E-state index is 0.0901. The predicted molar refractivity (Wildman–Crippen MR) is 89.9 cm³/mol. The fourth-order valence-corrected chi connectivity index (χ4v) is 2.67. The number of ether oxygens (including phenoxy) is 2. The van der Waals surface area contributed by atoms with Crippen molar-refractivity contribution in [2.75, 3.05) is 6.79 Å². The van der Waals surface area contributed by atoms with E-state index in [9.17, 15) is 14.7 Å². The Morgan fingerprint density at radius 2 is 1.88 bits per heavy atom. The minimum atomic E-state index is -1.13. The number of aromatic nitrogens is 2. The minimum Gasteiger partial charge on any atom is -0.476 e. The van der Waals surface area contributed by atoms with Gasteiger partial charge in [-0.15, -0.1) is 0 Å². The fraction of sp³-hybridized carbons (Fsp3) is 0.0556. The molecule has 1 aliphatic rings. The summed E-state index contributed by atoms with van der Waals surface area (Å²) in [5.41, 5.74) is 2.28. The average Bonchev–Trinajstić information content (AvgIpc) is 3.29. The topological polar surface area (TPSA) is 103 Å². The highest BCUT2D eigenvalue weighted by molar-refractivity contribution is 5.87. The average molecular weight is 349 g/mol. The summed E-state index contributed by atoms with van der Waals surface area (Å²) in [6.07, 6.45) is 1.47. The van der Waals surface area contributed by atoms with Crippen LogP contribution in [0.3, 0.4) is 0 Å². The molecule has 2 aromatic carbocycles. The highest BCUT2D eigenvalue weighted by Gasteiger charge is 2.19. The largest absolute Gasteiger partial charge is 0.476 e. The van der Waals surface area contributed by atoms with Crippen LogP contribution in [0.4, 0.5) is 5.69 Å². The maximum Gasteiger partial charge on any atom is 0.356 e. The number of carboxylic acid groups (broad SMARTS) is 1. The molecule has 0 bridgehead atoms. The first-order chi connectivity index (χ1) is 12.7. The van der Waals surface area contributed by atoms with E-state index in [1.165, 1.54) is 16.8 Å². The van der Waals surface area contributed by atoms with Crippen molar-refractivity contribution in [3.05, 3.63) is 54.2 Å². The Kier molecular flexibility index (Phi) is 3.72. The van der Waals surface area contributed by atoms with Crippen LogP contribution in [0.15, 0.2) is 53.5 Å². The monoisotopic (exact) mass is 349 g/mol. The normalized spacial score (nSPS) is 11.8. The van der Waals surface area contributed by atoms with Crippen LogP contribution in [0.25, 0.3) is 16.9 Å². The van der Waals surface area contributed by atoms with Crippen molar-refractivity contribution in [2.45, 2.75) is 0 Å². The zero-order valence-electron chi connectivity index (χ0n) is 13.2. The van der Waals surface area contributed by atoms with Gasteiger partial charge in [-0.2, -0.15) is 10.1 Å². The van der Waals surface area contributed by atoms with Gasteiger partial charge in [0.05, 0.1) is 17.1 Å². The lowest BCUT2D eigenvalue weighted by Gasteiger charge is -2.08. The number of carbonyl (C=O) groups is 1. The number of rotatable bonds is 4. The second-order valence-corrected chi connectivity index (χ2v) is 5.42. The third-order valence-corrected chi connectivity index (χ3v) is 3.87. The van der Waals surface area contributed by atoms with E-state index in [0.717, 1.165) is 5.56 Å². The quantitative estimate of drug-likeness (QED) is 0.574. The van der Waals surface area contributed by atoms with Gasteiger partial charge in [0, 0.05) is 5.56 Å². The molecule has 0 unspecified atom stereocenters. The second-order valence-electron chi connectivity index (χ2n) is 5.42. The van der Waals surface area contributed by atoms with Gasteiger partial charge < -0.3 is 14.6 Å². The zero-order chi connectivity index (χ0) is 18.1. The van der Waals surface area contributed by atoms with Crippen molar-refractivity contribution in [2.24, 2.45) is 4.99 Å². The maximum absolute atomic E-state index is 11.4. The van der Waals surface area contributed by atoms with Gasteiger partial charge in [0.25, 0.3) is 0 Å². The third-order valence-electron chi connectivity index (χ3n) is 3.87. The van der Waals surface area contributed by atoms with Gasteiger partial charge in [0.1, 0.15) is 0 Å². The molecule has 2 heterocycles. The molecule has 1 aliphatic heterocycles. The molecule has 128 valence electrons. The molecular formula is C18H11N3O5. The van der Waals surface area contributed by atoms with Crippen LogP contribution < -0.4 is 9.47 Å². The van der Waals surface area contributed by atoms with Crippen LogP contribution in [-0.2, 0) is 4.79 Å². The lowest BCUT2D eigenvalue weighted by Crippen LogP contribution is -2.02. The molecular weight excluding hydrogens is 338 g/mol. The Hall–Kier alpha value is -3.90. The molecule has 3 aromatic rings. The van der Waals surface area contributed by atoms with Crippen LogP contribution in [0, 0.1) is 0 Å². The van der Waals surface area contributed by atoms with E-state index in [-0.39, 0.29) is 12.5 Å². The number of fused-ring (bicyclic) bond motifs is 1. The van der Waals surface area contributed by atoms with Gasteiger partial charge in [-0.05, 0) is 48.5 Å². The maximum atomic E-state index is 11.4. The standard InChI is InChI=1S/C18H11N3O5/c22-9-19-12-2-4-13(5-3-12)21-15(8-14(20-21)18(23)24)11-1-6-16-17(7-11)26-10-25-16/h1-8H,10H2,(H,23,24). The Labute approximate surface area is 146 Å². The molecule has 0 fully saturated rings. The molecule has 0 amide bonds. The number of nitrogens with zero attached hydrogens (tertiary/aromatic N) is 3. The molecule has 0 atom stereocenters.